The number of halogens is 1. The zero-order valence-corrected chi connectivity index (χ0v) is 17.7. The maximum Gasteiger partial charge on any atom is 0.173 e. The first kappa shape index (κ1) is 20.0. The van der Waals surface area contributed by atoms with Crippen LogP contribution in [0.25, 0.3) is 0 Å². The number of piperazine rings is 1. The highest BCUT2D eigenvalue weighted by molar-refractivity contribution is 6.31. The Balaban J connectivity index is 1.40. The molecule has 0 aliphatic carbocycles. The zero-order chi connectivity index (χ0) is 21.0. The van der Waals surface area contributed by atoms with Crippen LogP contribution in [0.2, 0.25) is 5.02 Å². The lowest BCUT2D eigenvalue weighted by atomic mass is 10.0. The Labute approximate surface area is 185 Å². The van der Waals surface area contributed by atoms with Gasteiger partial charge in [0.2, 0.25) is 0 Å². The topological polar surface area (TPSA) is 76.4 Å². The largest absolute Gasteiger partial charge is 0.468 e. The predicted molar refractivity (Wildman–Crippen MR) is 114 cm³/mol. The van der Waals surface area contributed by atoms with Gasteiger partial charge in [-0.25, -0.2) is 4.68 Å². The maximum absolute atomic E-state index is 6.63. The van der Waals surface area contributed by atoms with Crippen molar-refractivity contribution < 1.29 is 8.83 Å². The van der Waals surface area contributed by atoms with Crippen molar-refractivity contribution in [2.75, 3.05) is 26.2 Å². The third kappa shape index (κ3) is 4.41. The Morgan fingerprint density at radius 3 is 2.26 bits per heavy atom. The first-order chi connectivity index (χ1) is 15.3. The number of hydrogen-bond acceptors (Lipinski definition) is 7. The number of furan rings is 2. The van der Waals surface area contributed by atoms with E-state index in [0.717, 1.165) is 55.6 Å². The van der Waals surface area contributed by atoms with Crippen molar-refractivity contribution in [3.63, 3.8) is 0 Å². The van der Waals surface area contributed by atoms with Crippen LogP contribution in [-0.4, -0.2) is 56.2 Å². The summed E-state index contributed by atoms with van der Waals surface area (Å²) in [7, 11) is 0. The van der Waals surface area contributed by atoms with Gasteiger partial charge in [-0.1, -0.05) is 29.8 Å². The van der Waals surface area contributed by atoms with Crippen LogP contribution in [0, 0.1) is 0 Å². The van der Waals surface area contributed by atoms with E-state index in [2.05, 4.69) is 25.3 Å². The molecule has 8 nitrogen and oxygen atoms in total. The minimum atomic E-state index is -0.149. The minimum absolute atomic E-state index is 0.149. The molecule has 4 aromatic rings. The van der Waals surface area contributed by atoms with Gasteiger partial charge in [-0.3, -0.25) is 9.80 Å². The highest BCUT2D eigenvalue weighted by Crippen LogP contribution is 2.33. The van der Waals surface area contributed by atoms with Gasteiger partial charge in [-0.15, -0.1) is 5.10 Å². The molecular weight excluding hydrogens is 416 g/mol. The molecule has 4 heterocycles. The Bertz CT molecular complexity index is 1090. The molecule has 0 saturated carbocycles. The number of hydrogen-bond donors (Lipinski definition) is 0. The number of rotatable bonds is 7. The highest BCUT2D eigenvalue weighted by atomic mass is 35.5. The summed E-state index contributed by atoms with van der Waals surface area (Å²) >= 11 is 6.63. The fraction of sp³-hybridized carbons (Fsp3) is 0.318. The first-order valence-electron chi connectivity index (χ1n) is 10.3. The average molecular weight is 439 g/mol. The van der Waals surface area contributed by atoms with E-state index in [1.54, 1.807) is 17.2 Å². The molecule has 3 aromatic heterocycles. The normalized spacial score (nSPS) is 16.5. The number of benzene rings is 1. The van der Waals surface area contributed by atoms with Crippen molar-refractivity contribution in [3.05, 3.63) is 89.0 Å². The monoisotopic (exact) mass is 438 g/mol. The quantitative estimate of drug-likeness (QED) is 0.437. The van der Waals surface area contributed by atoms with Gasteiger partial charge in [0.15, 0.2) is 5.82 Å². The molecule has 1 aliphatic rings. The third-order valence-corrected chi connectivity index (χ3v) is 5.97. The molecule has 1 saturated heterocycles. The van der Waals surface area contributed by atoms with Crippen LogP contribution in [0.1, 0.15) is 29.0 Å². The van der Waals surface area contributed by atoms with Gasteiger partial charge in [-0.2, -0.15) is 0 Å². The summed E-state index contributed by atoms with van der Waals surface area (Å²) in [5.74, 6) is 2.54. The Hall–Kier alpha value is -2.94. The van der Waals surface area contributed by atoms with Crippen molar-refractivity contribution >= 4 is 11.6 Å². The molecule has 5 rings (SSSR count). The van der Waals surface area contributed by atoms with E-state index >= 15 is 0 Å². The van der Waals surface area contributed by atoms with Crippen LogP contribution in [0.3, 0.4) is 0 Å². The van der Waals surface area contributed by atoms with Crippen molar-refractivity contribution in [1.82, 2.24) is 30.0 Å². The molecule has 0 radical (unpaired) electrons. The van der Waals surface area contributed by atoms with Gasteiger partial charge in [0, 0.05) is 31.2 Å². The maximum atomic E-state index is 6.63. The number of tetrazole rings is 1. The van der Waals surface area contributed by atoms with Gasteiger partial charge >= 0.3 is 0 Å². The van der Waals surface area contributed by atoms with E-state index in [1.165, 1.54) is 0 Å². The SMILES string of the molecule is Clc1ccccc1[C@@H](c1nnnn1Cc1ccco1)N1CCN(Cc2ccco2)CC1. The third-order valence-electron chi connectivity index (χ3n) is 5.62. The second kappa shape index (κ2) is 9.05. The summed E-state index contributed by atoms with van der Waals surface area (Å²) in [5.41, 5.74) is 0.999. The molecule has 1 atom stereocenters. The molecule has 9 heteroatoms. The molecule has 1 fully saturated rings. The smallest absolute Gasteiger partial charge is 0.173 e. The summed E-state index contributed by atoms with van der Waals surface area (Å²) in [4.78, 5) is 4.79. The van der Waals surface area contributed by atoms with Crippen molar-refractivity contribution in [3.8, 4) is 0 Å². The second-order valence-electron chi connectivity index (χ2n) is 7.59. The average Bonchev–Trinajstić information content (AvgIpc) is 3.56. The number of nitrogens with zero attached hydrogens (tertiary/aromatic N) is 6. The van der Waals surface area contributed by atoms with Crippen LogP contribution in [-0.2, 0) is 13.1 Å². The van der Waals surface area contributed by atoms with E-state index in [9.17, 15) is 0 Å². The predicted octanol–water partition coefficient (Wildman–Crippen LogP) is 3.47. The molecule has 160 valence electrons. The van der Waals surface area contributed by atoms with Crippen LogP contribution in [0.4, 0.5) is 0 Å². The lowest BCUT2D eigenvalue weighted by molar-refractivity contribution is 0.0955. The Kier molecular flexibility index (Phi) is 5.84. The van der Waals surface area contributed by atoms with Crippen LogP contribution >= 0.6 is 11.6 Å². The molecule has 0 bridgehead atoms. The number of aromatic nitrogens is 4. The van der Waals surface area contributed by atoms with Gasteiger partial charge in [0.25, 0.3) is 0 Å². The Morgan fingerprint density at radius 1 is 0.871 bits per heavy atom. The van der Waals surface area contributed by atoms with Crippen LogP contribution in [0.15, 0.2) is 69.9 Å². The van der Waals surface area contributed by atoms with Gasteiger partial charge < -0.3 is 8.83 Å². The fourth-order valence-electron chi connectivity index (χ4n) is 4.07. The summed E-state index contributed by atoms with van der Waals surface area (Å²) in [5, 5.41) is 13.3. The fourth-order valence-corrected chi connectivity index (χ4v) is 4.31. The summed E-state index contributed by atoms with van der Waals surface area (Å²) < 4.78 is 12.8. The van der Waals surface area contributed by atoms with E-state index in [4.69, 9.17) is 20.4 Å². The van der Waals surface area contributed by atoms with Gasteiger partial charge in [0.05, 0.1) is 25.1 Å². The molecular formula is C22H23ClN6O2. The van der Waals surface area contributed by atoms with Crippen molar-refractivity contribution in [2.24, 2.45) is 0 Å². The summed E-state index contributed by atoms with van der Waals surface area (Å²) in [6, 6.07) is 15.5. The van der Waals surface area contributed by atoms with E-state index in [-0.39, 0.29) is 6.04 Å². The van der Waals surface area contributed by atoms with Gasteiger partial charge in [-0.05, 0) is 46.3 Å². The summed E-state index contributed by atoms with van der Waals surface area (Å²) in [6.07, 6.45) is 3.38. The first-order valence-corrected chi connectivity index (χ1v) is 10.7. The van der Waals surface area contributed by atoms with E-state index in [1.807, 2.05) is 48.5 Å². The molecule has 1 aliphatic heterocycles. The van der Waals surface area contributed by atoms with Crippen LogP contribution in [0.5, 0.6) is 0 Å². The highest BCUT2D eigenvalue weighted by Gasteiger charge is 2.32. The molecule has 31 heavy (non-hydrogen) atoms. The molecule has 0 spiro atoms. The van der Waals surface area contributed by atoms with E-state index in [0.29, 0.717) is 11.6 Å². The molecule has 0 N–H and O–H groups in total. The summed E-state index contributed by atoms with van der Waals surface area (Å²) in [6.45, 7) is 4.85. The van der Waals surface area contributed by atoms with Crippen LogP contribution < -0.4 is 0 Å². The molecule has 1 aromatic carbocycles. The molecule has 0 amide bonds. The van der Waals surface area contributed by atoms with Gasteiger partial charge in [0.1, 0.15) is 18.1 Å². The Morgan fingerprint density at radius 2 is 1.58 bits per heavy atom. The second-order valence-corrected chi connectivity index (χ2v) is 8.00. The minimum Gasteiger partial charge on any atom is -0.468 e. The zero-order valence-electron chi connectivity index (χ0n) is 17.0. The van der Waals surface area contributed by atoms with Crippen molar-refractivity contribution in [1.29, 1.82) is 0 Å². The van der Waals surface area contributed by atoms with E-state index < -0.39 is 0 Å². The van der Waals surface area contributed by atoms with Crippen molar-refractivity contribution in [2.45, 2.75) is 19.1 Å². The molecule has 0 unspecified atom stereocenters. The lowest BCUT2D eigenvalue weighted by Gasteiger charge is -2.38. The lowest BCUT2D eigenvalue weighted by Crippen LogP contribution is -2.48. The standard InChI is InChI=1S/C22H23ClN6O2/c23-20-8-2-1-7-19(20)21(22-24-25-26-29(22)16-18-6-4-14-31-18)28-11-9-27(10-12-28)15-17-5-3-13-30-17/h1-8,13-14,21H,9-12,15-16H2/t21-/m0/s1.